The van der Waals surface area contributed by atoms with Crippen molar-refractivity contribution >= 4 is 48.9 Å². The molecule has 2 heterocycles. The first-order chi connectivity index (χ1) is 14.2. The summed E-state index contributed by atoms with van der Waals surface area (Å²) in [6.45, 7) is 0. The Balaban J connectivity index is 1.37. The zero-order valence-corrected chi connectivity index (χ0v) is 18.7. The van der Waals surface area contributed by atoms with E-state index in [1.165, 1.54) is 28.6 Å². The van der Waals surface area contributed by atoms with E-state index in [1.807, 2.05) is 18.2 Å². The molecule has 0 aliphatic carbocycles. The van der Waals surface area contributed by atoms with Gasteiger partial charge in [-0.25, -0.2) is 0 Å². The third-order valence-electron chi connectivity index (χ3n) is 3.84. The summed E-state index contributed by atoms with van der Waals surface area (Å²) in [5.41, 5.74) is 3.10. The average Bonchev–Trinajstić information content (AvgIpc) is 3.42. The Kier molecular flexibility index (Phi) is 6.41. The number of aliphatic imine (C=N–C) groups is 1. The average molecular weight is 487 g/mol. The fourth-order valence-electron chi connectivity index (χ4n) is 2.44. The number of rotatable bonds is 7. The van der Waals surface area contributed by atoms with Crippen LogP contribution in [0.4, 0.5) is 5.13 Å². The SMILES string of the molecule is COc1cc(/C=N/c2nnc(SCc3c[se]c(-c4ccccc4)n3)s2)ccc1O. The van der Waals surface area contributed by atoms with Crippen molar-refractivity contribution in [1.82, 2.24) is 15.2 Å². The monoisotopic (exact) mass is 488 g/mol. The maximum absolute atomic E-state index is 9.65. The number of methoxy groups -OCH3 is 1. The normalized spacial score (nSPS) is 11.2. The van der Waals surface area contributed by atoms with E-state index >= 15 is 0 Å². The molecule has 0 amide bonds. The van der Waals surface area contributed by atoms with Gasteiger partial charge in [-0.3, -0.25) is 0 Å². The predicted molar refractivity (Wildman–Crippen MR) is 118 cm³/mol. The molecule has 4 aromatic rings. The number of hydrogen-bond acceptors (Lipinski definition) is 8. The Bertz CT molecular complexity index is 1130. The zero-order valence-electron chi connectivity index (χ0n) is 15.3. The third kappa shape index (κ3) is 5.13. The molecule has 0 atom stereocenters. The summed E-state index contributed by atoms with van der Waals surface area (Å²) in [6.07, 6.45) is 1.68. The Hall–Kier alpha value is -2.45. The second-order valence-corrected chi connectivity index (χ2v) is 9.82. The van der Waals surface area contributed by atoms with Gasteiger partial charge in [0.2, 0.25) is 0 Å². The van der Waals surface area contributed by atoms with Crippen molar-refractivity contribution in [3.05, 3.63) is 64.7 Å². The number of phenols is 1. The minimum absolute atomic E-state index is 0.0972. The van der Waals surface area contributed by atoms with Crippen molar-refractivity contribution in [2.24, 2.45) is 4.99 Å². The van der Waals surface area contributed by atoms with E-state index in [0.717, 1.165) is 21.3 Å². The molecule has 2 aromatic heterocycles. The third-order valence-corrected chi connectivity index (χ3v) is 7.81. The smallest absolute Gasteiger partial charge is 0.504 e. The van der Waals surface area contributed by atoms with Crippen molar-refractivity contribution in [1.29, 1.82) is 0 Å². The molecule has 0 spiro atoms. The molecule has 0 saturated heterocycles. The molecule has 6 nitrogen and oxygen atoms in total. The van der Waals surface area contributed by atoms with Gasteiger partial charge in [-0.1, -0.05) is 0 Å². The fraction of sp³-hybridized carbons (Fsp3) is 0.100. The molecule has 1 N–H and O–H groups in total. The van der Waals surface area contributed by atoms with Crippen LogP contribution >= 0.6 is 23.1 Å². The summed E-state index contributed by atoms with van der Waals surface area (Å²) in [5, 5.41) is 18.5. The first-order valence-corrected chi connectivity index (χ1v) is 12.2. The molecule has 2 aromatic carbocycles. The number of aromatic nitrogens is 3. The summed E-state index contributed by atoms with van der Waals surface area (Å²) < 4.78 is 7.13. The minimum Gasteiger partial charge on any atom is -0.504 e. The molecule has 0 unspecified atom stereocenters. The van der Waals surface area contributed by atoms with Gasteiger partial charge in [0.1, 0.15) is 0 Å². The van der Waals surface area contributed by atoms with E-state index in [2.05, 4.69) is 32.3 Å². The molecule has 0 radical (unpaired) electrons. The van der Waals surface area contributed by atoms with Gasteiger partial charge in [0.25, 0.3) is 0 Å². The topological polar surface area (TPSA) is 80.5 Å². The Labute approximate surface area is 182 Å². The van der Waals surface area contributed by atoms with Crippen molar-refractivity contribution in [2.75, 3.05) is 7.11 Å². The van der Waals surface area contributed by atoms with Crippen LogP contribution < -0.4 is 4.74 Å². The second-order valence-electron chi connectivity index (χ2n) is 5.84. The molecule has 0 bridgehead atoms. The minimum atomic E-state index is 0.0972. The van der Waals surface area contributed by atoms with Crippen LogP contribution in [0.5, 0.6) is 11.5 Å². The molecule has 0 saturated carbocycles. The van der Waals surface area contributed by atoms with Gasteiger partial charge in [-0.15, -0.1) is 0 Å². The summed E-state index contributed by atoms with van der Waals surface area (Å²) >= 11 is 3.33. The Morgan fingerprint density at radius 3 is 2.90 bits per heavy atom. The molecular formula is C20H16N4O2S2Se. The Morgan fingerprint density at radius 2 is 2.07 bits per heavy atom. The van der Waals surface area contributed by atoms with Crippen molar-refractivity contribution in [2.45, 2.75) is 10.1 Å². The molecule has 0 aliphatic heterocycles. The number of ether oxygens (including phenoxy) is 1. The number of hydrogen-bond donors (Lipinski definition) is 1. The van der Waals surface area contributed by atoms with Crippen LogP contribution in [-0.2, 0) is 5.75 Å². The first kappa shape index (κ1) is 19.8. The van der Waals surface area contributed by atoms with E-state index in [4.69, 9.17) is 9.72 Å². The predicted octanol–water partition coefficient (Wildman–Crippen LogP) is 4.41. The Morgan fingerprint density at radius 1 is 1.21 bits per heavy atom. The van der Waals surface area contributed by atoms with Crippen LogP contribution in [-0.4, -0.2) is 48.1 Å². The van der Waals surface area contributed by atoms with Gasteiger partial charge in [0.05, 0.1) is 7.11 Å². The van der Waals surface area contributed by atoms with Crippen LogP contribution in [0, 0.1) is 0 Å². The molecular weight excluding hydrogens is 471 g/mol. The molecule has 4 rings (SSSR count). The van der Waals surface area contributed by atoms with Crippen molar-refractivity contribution in [3.63, 3.8) is 0 Å². The van der Waals surface area contributed by atoms with E-state index in [9.17, 15) is 5.11 Å². The number of benzene rings is 2. The van der Waals surface area contributed by atoms with Crippen LogP contribution in [0.3, 0.4) is 0 Å². The molecule has 29 heavy (non-hydrogen) atoms. The van der Waals surface area contributed by atoms with E-state index in [0.29, 0.717) is 10.9 Å². The number of aromatic hydroxyl groups is 1. The number of thioether (sulfide) groups is 1. The van der Waals surface area contributed by atoms with Gasteiger partial charge >= 0.3 is 160 Å². The second kappa shape index (κ2) is 9.36. The van der Waals surface area contributed by atoms with Gasteiger partial charge in [-0.2, -0.15) is 0 Å². The zero-order chi connectivity index (χ0) is 20.1. The van der Waals surface area contributed by atoms with E-state index in [1.54, 1.807) is 36.2 Å². The molecule has 0 aliphatic rings. The molecule has 0 fully saturated rings. The van der Waals surface area contributed by atoms with Gasteiger partial charge in [-0.05, 0) is 0 Å². The summed E-state index contributed by atoms with van der Waals surface area (Å²) in [6, 6.07) is 15.3. The van der Waals surface area contributed by atoms with Gasteiger partial charge in [0, 0.05) is 0 Å². The van der Waals surface area contributed by atoms with Gasteiger partial charge < -0.3 is 9.84 Å². The van der Waals surface area contributed by atoms with Crippen LogP contribution in [0.2, 0.25) is 0 Å². The quantitative estimate of drug-likeness (QED) is 0.236. The standard InChI is InChI=1S/C20H16N4O2S2Se/c1-26-17-9-13(7-8-16(17)25)10-21-19-23-24-20(28-19)27-11-15-12-29-18(22-15)14-5-3-2-4-6-14/h2-10,12,25H,11H2,1H3/b21-10+. The first-order valence-electron chi connectivity index (χ1n) is 8.58. The summed E-state index contributed by atoms with van der Waals surface area (Å²) in [7, 11) is 1.51. The number of nitrogens with zero attached hydrogens (tertiary/aromatic N) is 4. The fourth-order valence-corrected chi connectivity index (χ4v) is 5.99. The summed E-state index contributed by atoms with van der Waals surface area (Å²) in [4.78, 5) is 11.3. The van der Waals surface area contributed by atoms with Gasteiger partial charge in [0.15, 0.2) is 5.75 Å². The van der Waals surface area contributed by atoms with Crippen molar-refractivity contribution in [3.8, 4) is 21.6 Å². The van der Waals surface area contributed by atoms with Crippen LogP contribution in [0.1, 0.15) is 11.3 Å². The van der Waals surface area contributed by atoms with E-state index in [-0.39, 0.29) is 20.3 Å². The molecule has 146 valence electrons. The van der Waals surface area contributed by atoms with Crippen LogP contribution in [0.25, 0.3) is 10.1 Å². The molecule has 9 heteroatoms. The van der Waals surface area contributed by atoms with Crippen LogP contribution in [0.15, 0.2) is 62.8 Å². The summed E-state index contributed by atoms with van der Waals surface area (Å²) in [5.74, 6) is 1.27. The number of phenolic OH excluding ortho intramolecular Hbond substituents is 1. The maximum atomic E-state index is 9.65. The van der Waals surface area contributed by atoms with Crippen molar-refractivity contribution < 1.29 is 9.84 Å². The van der Waals surface area contributed by atoms with E-state index < -0.39 is 0 Å².